The van der Waals surface area contributed by atoms with Crippen LogP contribution in [0.1, 0.15) is 39.4 Å². The molecule has 19 heavy (non-hydrogen) atoms. The number of hydrogen-bond acceptors (Lipinski definition) is 4. The minimum absolute atomic E-state index is 0.00386. The van der Waals surface area contributed by atoms with Crippen LogP contribution in [-0.4, -0.2) is 36.3 Å². The molecule has 2 aliphatic heterocycles. The molecule has 0 radical (unpaired) electrons. The lowest BCUT2D eigenvalue weighted by atomic mass is 9.87. The average molecular weight is 261 g/mol. The molecule has 2 fully saturated rings. The predicted molar refractivity (Wildman–Crippen MR) is 75.4 cm³/mol. The fraction of sp³-hybridized carbons (Fsp3) is 0.733. The van der Waals surface area contributed by atoms with Crippen LogP contribution in [0.5, 0.6) is 0 Å². The van der Waals surface area contributed by atoms with E-state index in [2.05, 4.69) is 30.7 Å². The van der Waals surface area contributed by atoms with Crippen molar-refractivity contribution < 1.29 is 4.74 Å². The lowest BCUT2D eigenvalue weighted by molar-refractivity contribution is 0.160. The summed E-state index contributed by atoms with van der Waals surface area (Å²) in [4.78, 5) is 11.6. The lowest BCUT2D eigenvalue weighted by Crippen LogP contribution is -2.28. The highest BCUT2D eigenvalue weighted by Gasteiger charge is 2.41. The van der Waals surface area contributed by atoms with Gasteiger partial charge in [0, 0.05) is 36.7 Å². The van der Waals surface area contributed by atoms with E-state index in [1.54, 1.807) is 0 Å². The van der Waals surface area contributed by atoms with E-state index in [0.29, 0.717) is 5.41 Å². The molecule has 0 aliphatic carbocycles. The Hall–Kier alpha value is -1.16. The summed E-state index contributed by atoms with van der Waals surface area (Å²) in [5.74, 6) is 2.00. The summed E-state index contributed by atoms with van der Waals surface area (Å²) >= 11 is 0. The van der Waals surface area contributed by atoms with Crippen molar-refractivity contribution in [2.45, 2.75) is 39.0 Å². The maximum absolute atomic E-state index is 5.58. The molecule has 0 N–H and O–H groups in total. The highest BCUT2D eigenvalue weighted by atomic mass is 16.5. The van der Waals surface area contributed by atoms with E-state index in [4.69, 9.17) is 9.72 Å². The zero-order valence-electron chi connectivity index (χ0n) is 12.1. The molecule has 1 atom stereocenters. The largest absolute Gasteiger partial charge is 0.381 e. The van der Waals surface area contributed by atoms with Gasteiger partial charge in [0.25, 0.3) is 0 Å². The smallest absolute Gasteiger partial charge is 0.135 e. The molecular formula is C15H23N3O. The van der Waals surface area contributed by atoms with Gasteiger partial charge in [0.15, 0.2) is 0 Å². The molecule has 104 valence electrons. The SMILES string of the molecule is CC(C)(C)c1nccc(N2CC[C@@]3(CCOC3)C2)n1. The first kappa shape index (κ1) is 12.9. The van der Waals surface area contributed by atoms with Gasteiger partial charge in [0.1, 0.15) is 11.6 Å². The van der Waals surface area contributed by atoms with Crippen molar-refractivity contribution in [1.82, 2.24) is 9.97 Å². The van der Waals surface area contributed by atoms with E-state index >= 15 is 0 Å². The van der Waals surface area contributed by atoms with E-state index in [-0.39, 0.29) is 5.41 Å². The number of aromatic nitrogens is 2. The van der Waals surface area contributed by atoms with Gasteiger partial charge >= 0.3 is 0 Å². The number of hydrogen-bond donors (Lipinski definition) is 0. The van der Waals surface area contributed by atoms with Gasteiger partial charge in [-0.05, 0) is 18.9 Å². The van der Waals surface area contributed by atoms with Crippen LogP contribution >= 0.6 is 0 Å². The number of rotatable bonds is 1. The van der Waals surface area contributed by atoms with Crippen molar-refractivity contribution in [2.24, 2.45) is 5.41 Å². The summed E-state index contributed by atoms with van der Waals surface area (Å²) in [5.41, 5.74) is 0.386. The van der Waals surface area contributed by atoms with E-state index in [1.165, 1.54) is 12.8 Å². The number of nitrogens with zero attached hydrogens (tertiary/aromatic N) is 3. The number of ether oxygens (including phenoxy) is 1. The minimum Gasteiger partial charge on any atom is -0.381 e. The van der Waals surface area contributed by atoms with Gasteiger partial charge < -0.3 is 9.64 Å². The standard InChI is InChI=1S/C15H23N3O/c1-14(2,3)13-16-7-4-12(17-13)18-8-5-15(10-18)6-9-19-11-15/h4,7H,5-6,8-11H2,1-3H3/t15-/m1/s1. The molecule has 4 nitrogen and oxygen atoms in total. The Kier molecular flexibility index (Phi) is 3.01. The van der Waals surface area contributed by atoms with Crippen molar-refractivity contribution >= 4 is 5.82 Å². The molecule has 3 rings (SSSR count). The van der Waals surface area contributed by atoms with Crippen LogP contribution in [0, 0.1) is 5.41 Å². The topological polar surface area (TPSA) is 38.2 Å². The first-order chi connectivity index (χ1) is 8.99. The minimum atomic E-state index is 0.00386. The van der Waals surface area contributed by atoms with Crippen molar-refractivity contribution in [3.63, 3.8) is 0 Å². The van der Waals surface area contributed by atoms with Crippen LogP contribution in [-0.2, 0) is 10.2 Å². The molecule has 0 unspecified atom stereocenters. The molecule has 0 saturated carbocycles. The summed E-state index contributed by atoms with van der Waals surface area (Å²) in [6.07, 6.45) is 4.31. The Labute approximate surface area is 115 Å². The van der Waals surface area contributed by atoms with E-state index in [1.807, 2.05) is 12.3 Å². The maximum Gasteiger partial charge on any atom is 0.135 e. The molecule has 0 aromatic carbocycles. The summed E-state index contributed by atoms with van der Waals surface area (Å²) in [6, 6.07) is 2.03. The van der Waals surface area contributed by atoms with Gasteiger partial charge in [-0.2, -0.15) is 0 Å². The molecule has 1 aromatic rings. The van der Waals surface area contributed by atoms with Crippen LogP contribution in [0.25, 0.3) is 0 Å². The van der Waals surface area contributed by atoms with Crippen LogP contribution in [0.3, 0.4) is 0 Å². The Bertz CT molecular complexity index is 461. The molecule has 3 heterocycles. The third kappa shape index (κ3) is 2.46. The van der Waals surface area contributed by atoms with E-state index in [9.17, 15) is 0 Å². The third-order valence-electron chi connectivity index (χ3n) is 4.26. The average Bonchev–Trinajstić information content (AvgIpc) is 3.00. The summed E-state index contributed by atoms with van der Waals surface area (Å²) in [6.45, 7) is 10.5. The maximum atomic E-state index is 5.58. The van der Waals surface area contributed by atoms with Crippen molar-refractivity contribution in [1.29, 1.82) is 0 Å². The summed E-state index contributed by atoms with van der Waals surface area (Å²) in [7, 11) is 0. The highest BCUT2D eigenvalue weighted by molar-refractivity contribution is 5.40. The third-order valence-corrected chi connectivity index (χ3v) is 4.26. The van der Waals surface area contributed by atoms with Crippen LogP contribution in [0.2, 0.25) is 0 Å². The van der Waals surface area contributed by atoms with Gasteiger partial charge in [-0.15, -0.1) is 0 Å². The second-order valence-corrected chi connectivity index (χ2v) is 6.96. The molecule has 1 aromatic heterocycles. The van der Waals surface area contributed by atoms with Crippen LogP contribution < -0.4 is 4.90 Å². The lowest BCUT2D eigenvalue weighted by Gasteiger charge is -2.24. The molecule has 0 bridgehead atoms. The first-order valence-corrected chi connectivity index (χ1v) is 7.15. The fourth-order valence-electron chi connectivity index (χ4n) is 2.99. The Balaban J connectivity index is 1.80. The second-order valence-electron chi connectivity index (χ2n) is 6.96. The van der Waals surface area contributed by atoms with Crippen LogP contribution in [0.4, 0.5) is 5.82 Å². The van der Waals surface area contributed by atoms with Crippen molar-refractivity contribution in [3.8, 4) is 0 Å². The van der Waals surface area contributed by atoms with Gasteiger partial charge in [-0.25, -0.2) is 9.97 Å². The second kappa shape index (κ2) is 4.44. The molecule has 0 amide bonds. The first-order valence-electron chi connectivity index (χ1n) is 7.15. The molecule has 2 aliphatic rings. The Morgan fingerprint density at radius 3 is 2.84 bits per heavy atom. The monoisotopic (exact) mass is 261 g/mol. The van der Waals surface area contributed by atoms with Crippen molar-refractivity contribution in [3.05, 3.63) is 18.1 Å². The zero-order chi connectivity index (χ0) is 13.5. The van der Waals surface area contributed by atoms with Crippen LogP contribution in [0.15, 0.2) is 12.3 Å². The van der Waals surface area contributed by atoms with Crippen molar-refractivity contribution in [2.75, 3.05) is 31.2 Å². The molecule has 4 heteroatoms. The Morgan fingerprint density at radius 2 is 2.16 bits per heavy atom. The quantitative estimate of drug-likeness (QED) is 0.778. The zero-order valence-corrected chi connectivity index (χ0v) is 12.1. The van der Waals surface area contributed by atoms with Gasteiger partial charge in [-0.3, -0.25) is 0 Å². The van der Waals surface area contributed by atoms with E-state index in [0.717, 1.165) is 37.9 Å². The van der Waals surface area contributed by atoms with E-state index < -0.39 is 0 Å². The predicted octanol–water partition coefficient (Wildman–Crippen LogP) is 2.39. The van der Waals surface area contributed by atoms with Gasteiger partial charge in [0.05, 0.1) is 6.61 Å². The summed E-state index contributed by atoms with van der Waals surface area (Å²) in [5, 5.41) is 0. The molecule has 1 spiro atoms. The molecule has 2 saturated heterocycles. The van der Waals surface area contributed by atoms with Gasteiger partial charge in [-0.1, -0.05) is 20.8 Å². The Morgan fingerprint density at radius 1 is 1.32 bits per heavy atom. The number of anilines is 1. The van der Waals surface area contributed by atoms with Gasteiger partial charge in [0.2, 0.25) is 0 Å². The molecular weight excluding hydrogens is 238 g/mol. The normalized spacial score (nSPS) is 27.4. The highest BCUT2D eigenvalue weighted by Crippen LogP contribution is 2.39. The fourth-order valence-corrected chi connectivity index (χ4v) is 2.99. The summed E-state index contributed by atoms with van der Waals surface area (Å²) < 4.78 is 5.58.